The minimum Gasteiger partial charge on any atom is -0.405 e. The highest BCUT2D eigenvalue weighted by Crippen LogP contribution is 2.66. The Kier molecular flexibility index (Phi) is 6.90. The van der Waals surface area contributed by atoms with E-state index in [1.165, 1.54) is 44.6 Å². The van der Waals surface area contributed by atoms with E-state index >= 15 is 0 Å². The largest absolute Gasteiger partial charge is 0.573 e. The first-order valence-corrected chi connectivity index (χ1v) is 14.5. The Labute approximate surface area is 234 Å². The number of nitrogens with one attached hydrogen (secondary N) is 3. The van der Waals surface area contributed by atoms with Crippen LogP contribution >= 0.6 is 15.9 Å². The van der Waals surface area contributed by atoms with Crippen molar-refractivity contribution in [3.05, 3.63) is 52.5 Å². The Balaban J connectivity index is 0.969. The molecule has 3 aliphatic rings. The van der Waals surface area contributed by atoms with Crippen LogP contribution in [0.3, 0.4) is 0 Å². The van der Waals surface area contributed by atoms with Gasteiger partial charge in [-0.3, -0.25) is 0 Å². The minimum atomic E-state index is -4.69. The van der Waals surface area contributed by atoms with Gasteiger partial charge in [-0.25, -0.2) is 4.98 Å². The predicted molar refractivity (Wildman–Crippen MR) is 150 cm³/mol. The lowest BCUT2D eigenvalue weighted by Gasteiger charge is -2.30. The molecule has 3 aliphatic carbocycles. The number of alkyl halides is 3. The molecule has 1 aromatic heterocycles. The van der Waals surface area contributed by atoms with Gasteiger partial charge in [0.1, 0.15) is 11.6 Å². The van der Waals surface area contributed by atoms with Crippen LogP contribution in [-0.2, 0) is 6.42 Å². The van der Waals surface area contributed by atoms with E-state index < -0.39 is 6.36 Å². The summed E-state index contributed by atoms with van der Waals surface area (Å²) in [5, 5.41) is 11.5. The van der Waals surface area contributed by atoms with E-state index in [0.717, 1.165) is 29.7 Å². The molecule has 0 bridgehead atoms. The summed E-state index contributed by atoms with van der Waals surface area (Å²) in [6.45, 7) is 0.788. The summed E-state index contributed by atoms with van der Waals surface area (Å²) in [4.78, 5) is 9.46. The number of aromatic nitrogens is 2. The molecule has 10 heteroatoms. The maximum absolute atomic E-state index is 12.8. The fraction of sp³-hybridized carbons (Fsp3) is 0.517. The molecular formula is C29H33BrF3N5O. The van der Waals surface area contributed by atoms with Gasteiger partial charge in [-0.2, -0.15) is 4.98 Å². The van der Waals surface area contributed by atoms with Crippen molar-refractivity contribution in [1.29, 1.82) is 0 Å². The summed E-state index contributed by atoms with van der Waals surface area (Å²) >= 11 is 3.23. The molecule has 39 heavy (non-hydrogen) atoms. The lowest BCUT2D eigenvalue weighted by molar-refractivity contribution is -0.274. The zero-order valence-electron chi connectivity index (χ0n) is 21.9. The van der Waals surface area contributed by atoms with Crippen LogP contribution in [-0.4, -0.2) is 42.0 Å². The highest BCUT2D eigenvalue weighted by Gasteiger charge is 2.63. The van der Waals surface area contributed by atoms with Gasteiger partial charge in [-0.1, -0.05) is 34.1 Å². The number of ether oxygens (including phenoxy) is 1. The van der Waals surface area contributed by atoms with E-state index in [2.05, 4.69) is 36.6 Å². The van der Waals surface area contributed by atoms with Crippen molar-refractivity contribution in [3.8, 4) is 5.75 Å². The van der Waals surface area contributed by atoms with Crippen LogP contribution in [0.1, 0.15) is 50.5 Å². The van der Waals surface area contributed by atoms with Crippen LogP contribution < -0.4 is 20.7 Å². The number of nitrogens with zero attached hydrogens (tertiary/aromatic N) is 2. The van der Waals surface area contributed by atoms with Gasteiger partial charge in [0.15, 0.2) is 0 Å². The van der Waals surface area contributed by atoms with Crippen LogP contribution in [0, 0.1) is 10.8 Å². The number of hydrogen-bond donors (Lipinski definition) is 3. The Bertz CT molecular complexity index is 1360. The lowest BCUT2D eigenvalue weighted by atomic mass is 9.76. The molecule has 0 amide bonds. The Morgan fingerprint density at radius 1 is 1.00 bits per heavy atom. The number of anilines is 2. The zero-order valence-corrected chi connectivity index (χ0v) is 23.5. The third-order valence-electron chi connectivity index (χ3n) is 9.03. The van der Waals surface area contributed by atoms with Crippen LogP contribution in [0.4, 0.5) is 24.9 Å². The molecule has 6 nitrogen and oxygen atoms in total. The molecule has 208 valence electrons. The maximum Gasteiger partial charge on any atom is 0.573 e. The Hall–Kier alpha value is -2.59. The van der Waals surface area contributed by atoms with Gasteiger partial charge in [0.05, 0.1) is 5.52 Å². The Morgan fingerprint density at radius 2 is 1.72 bits per heavy atom. The molecule has 0 aliphatic heterocycles. The third-order valence-corrected chi connectivity index (χ3v) is 9.53. The number of benzene rings is 2. The monoisotopic (exact) mass is 603 g/mol. The smallest absolute Gasteiger partial charge is 0.405 e. The quantitative estimate of drug-likeness (QED) is 0.227. The second-order valence-corrected chi connectivity index (χ2v) is 12.3. The summed E-state index contributed by atoms with van der Waals surface area (Å²) in [5.74, 6) is 1.42. The molecule has 1 unspecified atom stereocenters. The molecule has 3 fully saturated rings. The van der Waals surface area contributed by atoms with Gasteiger partial charge >= 0.3 is 6.36 Å². The first-order valence-electron chi connectivity index (χ1n) is 13.7. The van der Waals surface area contributed by atoms with Gasteiger partial charge < -0.3 is 20.7 Å². The number of rotatable bonds is 9. The second-order valence-electron chi connectivity index (χ2n) is 11.4. The summed E-state index contributed by atoms with van der Waals surface area (Å²) in [5.41, 5.74) is 2.25. The molecule has 3 aromatic rings. The molecule has 6 rings (SSSR count). The van der Waals surface area contributed by atoms with E-state index in [4.69, 9.17) is 9.97 Å². The van der Waals surface area contributed by atoms with Gasteiger partial charge in [0.2, 0.25) is 5.95 Å². The molecule has 3 N–H and O–H groups in total. The summed E-state index contributed by atoms with van der Waals surface area (Å²) in [6.07, 6.45) is 3.84. The molecule has 2 aromatic carbocycles. The van der Waals surface area contributed by atoms with Crippen LogP contribution in [0.5, 0.6) is 5.75 Å². The van der Waals surface area contributed by atoms with Gasteiger partial charge in [-0.05, 0) is 98.6 Å². The van der Waals surface area contributed by atoms with Crippen molar-refractivity contribution in [3.63, 3.8) is 0 Å². The van der Waals surface area contributed by atoms with E-state index in [1.54, 1.807) is 12.1 Å². The van der Waals surface area contributed by atoms with Crippen molar-refractivity contribution in [2.45, 2.75) is 69.8 Å². The fourth-order valence-corrected chi connectivity index (χ4v) is 6.88. The first kappa shape index (κ1) is 26.6. The minimum absolute atomic E-state index is 0.124. The van der Waals surface area contributed by atoms with Crippen molar-refractivity contribution < 1.29 is 17.9 Å². The highest BCUT2D eigenvalue weighted by atomic mass is 79.9. The summed E-state index contributed by atoms with van der Waals surface area (Å²) in [7, 11) is 1.89. The lowest BCUT2D eigenvalue weighted by Crippen LogP contribution is -2.29. The fourth-order valence-electron chi connectivity index (χ4n) is 6.54. The van der Waals surface area contributed by atoms with Gasteiger partial charge in [0.25, 0.3) is 0 Å². The van der Waals surface area contributed by atoms with Gasteiger partial charge in [-0.15, -0.1) is 13.2 Å². The van der Waals surface area contributed by atoms with E-state index in [1.807, 2.05) is 31.3 Å². The van der Waals surface area contributed by atoms with E-state index in [-0.39, 0.29) is 5.75 Å². The van der Waals surface area contributed by atoms with E-state index in [0.29, 0.717) is 45.3 Å². The molecule has 0 saturated heterocycles. The molecular weight excluding hydrogens is 571 g/mol. The normalized spacial score (nSPS) is 27.6. The molecule has 2 spiro atoms. The zero-order chi connectivity index (χ0) is 27.3. The van der Waals surface area contributed by atoms with Crippen molar-refractivity contribution in [2.24, 2.45) is 10.8 Å². The molecule has 2 atom stereocenters. The van der Waals surface area contributed by atoms with Gasteiger partial charge in [0, 0.05) is 29.0 Å². The standard InChI is InChI=1S/C29H33BrF3N5O/c1-34-25-20-6-2-3-7-21(20)36-26(38-25)37-24-17-28(24)12-10-27(11-13-28)16-23(27)35-14-4-5-18-8-9-19(30)15-22(18)39-29(31,32)33/h2-3,6-9,15,23-24,35H,4-5,10-14,16-17H2,1H3,(H2,34,36,37,38)/t23-,24?,27?,28?/m1/s1. The maximum atomic E-state index is 12.8. The van der Waals surface area contributed by atoms with Crippen molar-refractivity contribution >= 4 is 38.6 Å². The second kappa shape index (κ2) is 10.1. The van der Waals surface area contributed by atoms with Crippen molar-refractivity contribution in [1.82, 2.24) is 15.3 Å². The summed E-state index contributed by atoms with van der Waals surface area (Å²) < 4.78 is 43.1. The van der Waals surface area contributed by atoms with Crippen molar-refractivity contribution in [2.75, 3.05) is 24.2 Å². The summed E-state index contributed by atoms with van der Waals surface area (Å²) in [6, 6.07) is 13.8. The predicted octanol–water partition coefficient (Wildman–Crippen LogP) is 7.06. The number of fused-ring (bicyclic) bond motifs is 1. The number of halogens is 4. The first-order chi connectivity index (χ1) is 18.7. The number of para-hydroxylation sites is 1. The average molecular weight is 605 g/mol. The molecule has 0 radical (unpaired) electrons. The topological polar surface area (TPSA) is 71.1 Å². The Morgan fingerprint density at radius 3 is 2.46 bits per heavy atom. The van der Waals surface area contributed by atoms with Crippen LogP contribution in [0.2, 0.25) is 0 Å². The van der Waals surface area contributed by atoms with Crippen LogP contribution in [0.15, 0.2) is 46.9 Å². The highest BCUT2D eigenvalue weighted by molar-refractivity contribution is 9.10. The van der Waals surface area contributed by atoms with E-state index in [9.17, 15) is 13.2 Å². The molecule has 3 saturated carbocycles. The molecule has 1 heterocycles. The number of aryl methyl sites for hydroxylation is 1. The SMILES string of the molecule is CNc1nc(NC2CC23CCC2(CC3)C[C@H]2NCCCc2ccc(Br)cc2OC(F)(F)F)nc2ccccc12. The average Bonchev–Trinajstić information content (AvgIpc) is 3.78. The van der Waals surface area contributed by atoms with Crippen LogP contribution in [0.25, 0.3) is 10.9 Å². The number of hydrogen-bond acceptors (Lipinski definition) is 6. The third kappa shape index (κ3) is 5.68.